The van der Waals surface area contributed by atoms with Crippen molar-refractivity contribution < 1.29 is 8.78 Å². The minimum absolute atomic E-state index is 0.136. The number of halogens is 4. The molecular formula is C13H10BrClF2N2. The van der Waals surface area contributed by atoms with Gasteiger partial charge in [0.1, 0.15) is 11.6 Å². The van der Waals surface area contributed by atoms with E-state index in [-0.39, 0.29) is 5.56 Å². The largest absolute Gasteiger partial charge is 0.271 e. The van der Waals surface area contributed by atoms with Crippen molar-refractivity contribution in [2.24, 2.45) is 5.84 Å². The Morgan fingerprint density at radius 3 is 2.53 bits per heavy atom. The van der Waals surface area contributed by atoms with Gasteiger partial charge in [0.25, 0.3) is 0 Å². The van der Waals surface area contributed by atoms with Crippen molar-refractivity contribution in [3.05, 3.63) is 68.7 Å². The molecule has 0 radical (unpaired) electrons. The number of nitrogens with two attached hydrogens (primary N) is 1. The lowest BCUT2D eigenvalue weighted by Crippen LogP contribution is -2.29. The Kier molecular flexibility index (Phi) is 4.52. The van der Waals surface area contributed by atoms with E-state index in [0.29, 0.717) is 15.1 Å². The number of nitrogens with one attached hydrogen (secondary N) is 1. The Balaban J connectivity index is 2.49. The van der Waals surface area contributed by atoms with Crippen LogP contribution in [0.15, 0.2) is 40.9 Å². The van der Waals surface area contributed by atoms with Crippen LogP contribution in [-0.4, -0.2) is 0 Å². The highest BCUT2D eigenvalue weighted by Gasteiger charge is 2.18. The average Bonchev–Trinajstić information content (AvgIpc) is 2.38. The van der Waals surface area contributed by atoms with Crippen LogP contribution < -0.4 is 11.3 Å². The molecule has 0 aromatic heterocycles. The van der Waals surface area contributed by atoms with Gasteiger partial charge in [-0.3, -0.25) is 5.84 Å². The summed E-state index contributed by atoms with van der Waals surface area (Å²) < 4.78 is 27.7. The van der Waals surface area contributed by atoms with Crippen molar-refractivity contribution in [1.29, 1.82) is 0 Å². The van der Waals surface area contributed by atoms with Gasteiger partial charge in [0.05, 0.1) is 11.1 Å². The molecule has 1 unspecified atom stereocenters. The molecule has 0 spiro atoms. The van der Waals surface area contributed by atoms with Crippen molar-refractivity contribution in [3.63, 3.8) is 0 Å². The highest BCUT2D eigenvalue weighted by Crippen LogP contribution is 2.30. The molecule has 6 heteroatoms. The summed E-state index contributed by atoms with van der Waals surface area (Å²) >= 11 is 9.18. The topological polar surface area (TPSA) is 38.0 Å². The zero-order valence-corrected chi connectivity index (χ0v) is 12.0. The predicted octanol–water partition coefficient (Wildman–Crippen LogP) is 3.93. The van der Waals surface area contributed by atoms with Crippen molar-refractivity contribution >= 4 is 27.5 Å². The van der Waals surface area contributed by atoms with E-state index in [0.717, 1.165) is 18.2 Å². The maximum atomic E-state index is 13.8. The summed E-state index contributed by atoms with van der Waals surface area (Å²) in [5, 5.41) is 0.527. The second kappa shape index (κ2) is 5.96. The Morgan fingerprint density at radius 1 is 1.16 bits per heavy atom. The molecule has 0 amide bonds. The standard InChI is InChI=1S/C13H10BrClF2N2/c14-10-5-7(1-3-11(10)15)13(19-18)9-6-8(16)2-4-12(9)17/h1-6,13,19H,18H2. The summed E-state index contributed by atoms with van der Waals surface area (Å²) in [6, 6.07) is 7.64. The maximum Gasteiger partial charge on any atom is 0.128 e. The minimum atomic E-state index is -0.663. The van der Waals surface area contributed by atoms with Gasteiger partial charge < -0.3 is 0 Å². The van der Waals surface area contributed by atoms with Gasteiger partial charge in [-0.15, -0.1) is 0 Å². The van der Waals surface area contributed by atoms with Crippen LogP contribution in [0.4, 0.5) is 8.78 Å². The molecule has 2 rings (SSSR count). The summed E-state index contributed by atoms with van der Waals surface area (Å²) in [5.41, 5.74) is 3.28. The molecule has 0 saturated heterocycles. The first-order chi connectivity index (χ1) is 9.02. The Morgan fingerprint density at radius 2 is 1.89 bits per heavy atom. The van der Waals surface area contributed by atoms with Gasteiger partial charge in [-0.2, -0.15) is 0 Å². The van der Waals surface area contributed by atoms with Crippen LogP contribution in [0, 0.1) is 11.6 Å². The van der Waals surface area contributed by atoms with Crippen molar-refractivity contribution in [1.82, 2.24) is 5.43 Å². The molecule has 2 nitrogen and oxygen atoms in total. The summed E-state index contributed by atoms with van der Waals surface area (Å²) in [7, 11) is 0. The summed E-state index contributed by atoms with van der Waals surface area (Å²) in [6.45, 7) is 0. The molecule has 1 atom stereocenters. The normalized spacial score (nSPS) is 12.5. The molecule has 0 saturated carbocycles. The molecule has 3 N–H and O–H groups in total. The van der Waals surface area contributed by atoms with Gasteiger partial charge >= 0.3 is 0 Å². The van der Waals surface area contributed by atoms with E-state index in [2.05, 4.69) is 21.4 Å². The fraction of sp³-hybridized carbons (Fsp3) is 0.0769. The SMILES string of the molecule is NNC(c1ccc(Cl)c(Br)c1)c1cc(F)ccc1F. The summed E-state index contributed by atoms with van der Waals surface area (Å²) in [5.74, 6) is 4.40. The highest BCUT2D eigenvalue weighted by atomic mass is 79.9. The lowest BCUT2D eigenvalue weighted by molar-refractivity contribution is 0.545. The Bertz CT molecular complexity index is 607. The predicted molar refractivity (Wildman–Crippen MR) is 74.7 cm³/mol. The lowest BCUT2D eigenvalue weighted by atomic mass is 9.99. The molecule has 0 aliphatic carbocycles. The van der Waals surface area contributed by atoms with Crippen molar-refractivity contribution in [3.8, 4) is 0 Å². The van der Waals surface area contributed by atoms with Crippen LogP contribution in [0.3, 0.4) is 0 Å². The van der Waals surface area contributed by atoms with Gasteiger partial charge in [0, 0.05) is 10.0 Å². The van der Waals surface area contributed by atoms with E-state index in [1.54, 1.807) is 18.2 Å². The fourth-order valence-corrected chi connectivity index (χ4v) is 2.31. The van der Waals surface area contributed by atoms with Crippen molar-refractivity contribution in [2.75, 3.05) is 0 Å². The maximum absolute atomic E-state index is 13.8. The van der Waals surface area contributed by atoms with E-state index in [1.807, 2.05) is 0 Å². The minimum Gasteiger partial charge on any atom is -0.271 e. The van der Waals surface area contributed by atoms with Crippen molar-refractivity contribution in [2.45, 2.75) is 6.04 Å². The number of hydrazine groups is 1. The third-order valence-electron chi connectivity index (χ3n) is 2.71. The van der Waals surface area contributed by atoms with Crippen LogP contribution in [0.2, 0.25) is 5.02 Å². The zero-order valence-electron chi connectivity index (χ0n) is 9.63. The second-order valence-electron chi connectivity index (χ2n) is 3.94. The van der Waals surface area contributed by atoms with E-state index in [4.69, 9.17) is 17.4 Å². The van der Waals surface area contributed by atoms with Crippen LogP contribution in [0.5, 0.6) is 0 Å². The van der Waals surface area contributed by atoms with Gasteiger partial charge in [-0.25, -0.2) is 14.2 Å². The molecule has 19 heavy (non-hydrogen) atoms. The molecule has 0 fully saturated rings. The van der Waals surface area contributed by atoms with Gasteiger partial charge in [-0.1, -0.05) is 17.7 Å². The fourth-order valence-electron chi connectivity index (χ4n) is 1.79. The second-order valence-corrected chi connectivity index (χ2v) is 5.20. The first-order valence-corrected chi connectivity index (χ1v) is 6.56. The van der Waals surface area contributed by atoms with Gasteiger partial charge in [0.2, 0.25) is 0 Å². The first kappa shape index (κ1) is 14.4. The molecule has 0 aliphatic heterocycles. The average molecular weight is 348 g/mol. The van der Waals surface area contributed by atoms with Gasteiger partial charge in [-0.05, 0) is 51.8 Å². The number of benzene rings is 2. The van der Waals surface area contributed by atoms with E-state index >= 15 is 0 Å². The summed E-state index contributed by atoms with van der Waals surface area (Å²) in [4.78, 5) is 0. The van der Waals surface area contributed by atoms with Crippen LogP contribution in [-0.2, 0) is 0 Å². The molecule has 0 bridgehead atoms. The zero-order chi connectivity index (χ0) is 14.0. The number of hydrogen-bond acceptors (Lipinski definition) is 2. The number of rotatable bonds is 3. The first-order valence-electron chi connectivity index (χ1n) is 5.39. The quantitative estimate of drug-likeness (QED) is 0.652. The molecule has 100 valence electrons. The van der Waals surface area contributed by atoms with E-state index in [9.17, 15) is 8.78 Å². The third-order valence-corrected chi connectivity index (χ3v) is 3.93. The Hall–Kier alpha value is -1.01. The van der Waals surface area contributed by atoms with Crippen LogP contribution >= 0.6 is 27.5 Å². The van der Waals surface area contributed by atoms with E-state index < -0.39 is 17.7 Å². The van der Waals surface area contributed by atoms with E-state index in [1.165, 1.54) is 0 Å². The number of hydrogen-bond donors (Lipinski definition) is 2. The van der Waals surface area contributed by atoms with Crippen LogP contribution in [0.25, 0.3) is 0 Å². The third kappa shape index (κ3) is 3.12. The highest BCUT2D eigenvalue weighted by molar-refractivity contribution is 9.10. The molecule has 2 aromatic carbocycles. The molecule has 0 aliphatic rings. The Labute approximate surface area is 122 Å². The van der Waals surface area contributed by atoms with Crippen LogP contribution in [0.1, 0.15) is 17.2 Å². The molecular weight excluding hydrogens is 338 g/mol. The molecule has 2 aromatic rings. The summed E-state index contributed by atoms with van der Waals surface area (Å²) in [6.07, 6.45) is 0. The molecule has 0 heterocycles. The lowest BCUT2D eigenvalue weighted by Gasteiger charge is -2.18. The van der Waals surface area contributed by atoms with Gasteiger partial charge in [0.15, 0.2) is 0 Å². The monoisotopic (exact) mass is 346 g/mol. The smallest absolute Gasteiger partial charge is 0.128 e.